The Bertz CT molecular complexity index is 439. The number of nitrogens with one attached hydrogen (secondary N) is 1. The first-order valence-corrected chi connectivity index (χ1v) is 6.16. The van der Waals surface area contributed by atoms with Crippen molar-refractivity contribution in [2.45, 2.75) is 5.92 Å². The second-order valence-electron chi connectivity index (χ2n) is 4.06. The van der Waals surface area contributed by atoms with E-state index in [-0.39, 0.29) is 23.6 Å². The van der Waals surface area contributed by atoms with E-state index < -0.39 is 0 Å². The fourth-order valence-electron chi connectivity index (χ4n) is 2.21. The SMILES string of the molecule is COC(=O)C1CNCC1c1ccc(Br)cc1F. The molecule has 17 heavy (non-hydrogen) atoms. The molecule has 1 fully saturated rings. The highest BCUT2D eigenvalue weighted by molar-refractivity contribution is 9.10. The van der Waals surface area contributed by atoms with E-state index in [9.17, 15) is 9.18 Å². The number of methoxy groups -OCH3 is 1. The summed E-state index contributed by atoms with van der Waals surface area (Å²) in [5.41, 5.74) is 0.564. The number of benzene rings is 1. The molecule has 0 aliphatic carbocycles. The highest BCUT2D eigenvalue weighted by Gasteiger charge is 2.36. The topological polar surface area (TPSA) is 38.3 Å². The van der Waals surface area contributed by atoms with Crippen molar-refractivity contribution in [2.75, 3.05) is 20.2 Å². The summed E-state index contributed by atoms with van der Waals surface area (Å²) in [6.07, 6.45) is 0. The minimum atomic E-state index is -0.310. The van der Waals surface area contributed by atoms with E-state index in [0.717, 1.165) is 0 Å². The van der Waals surface area contributed by atoms with Gasteiger partial charge in [-0.2, -0.15) is 0 Å². The monoisotopic (exact) mass is 301 g/mol. The molecule has 1 saturated heterocycles. The van der Waals surface area contributed by atoms with Crippen LogP contribution in [0.25, 0.3) is 0 Å². The Morgan fingerprint density at radius 3 is 2.94 bits per heavy atom. The van der Waals surface area contributed by atoms with Gasteiger partial charge in [-0.05, 0) is 17.7 Å². The molecular formula is C12H13BrFNO2. The lowest BCUT2D eigenvalue weighted by molar-refractivity contribution is -0.145. The van der Waals surface area contributed by atoms with E-state index in [1.54, 1.807) is 12.1 Å². The molecule has 2 unspecified atom stereocenters. The van der Waals surface area contributed by atoms with Crippen LogP contribution in [0, 0.1) is 11.7 Å². The van der Waals surface area contributed by atoms with Gasteiger partial charge in [0.05, 0.1) is 13.0 Å². The Labute approximate surface area is 107 Å². The quantitative estimate of drug-likeness (QED) is 0.850. The van der Waals surface area contributed by atoms with Crippen molar-refractivity contribution in [3.8, 4) is 0 Å². The van der Waals surface area contributed by atoms with Crippen LogP contribution in [-0.4, -0.2) is 26.2 Å². The third kappa shape index (κ3) is 2.50. The molecule has 0 bridgehead atoms. The van der Waals surface area contributed by atoms with Crippen molar-refractivity contribution >= 4 is 21.9 Å². The van der Waals surface area contributed by atoms with E-state index in [1.165, 1.54) is 13.2 Å². The van der Waals surface area contributed by atoms with Crippen LogP contribution in [0.2, 0.25) is 0 Å². The second-order valence-corrected chi connectivity index (χ2v) is 4.98. The largest absolute Gasteiger partial charge is 0.469 e. The molecule has 1 heterocycles. The van der Waals surface area contributed by atoms with Gasteiger partial charge in [0.25, 0.3) is 0 Å². The number of esters is 1. The summed E-state index contributed by atoms with van der Waals surface area (Å²) >= 11 is 3.22. The van der Waals surface area contributed by atoms with Crippen LogP contribution in [-0.2, 0) is 9.53 Å². The summed E-state index contributed by atoms with van der Waals surface area (Å²) in [5.74, 6) is -1.05. The maximum Gasteiger partial charge on any atom is 0.310 e. The molecule has 0 radical (unpaired) electrons. The molecule has 1 aliphatic heterocycles. The van der Waals surface area contributed by atoms with Crippen LogP contribution in [0.15, 0.2) is 22.7 Å². The Kier molecular flexibility index (Phi) is 3.79. The third-order valence-corrected chi connectivity index (χ3v) is 3.57. The van der Waals surface area contributed by atoms with Crippen LogP contribution in [0.4, 0.5) is 4.39 Å². The van der Waals surface area contributed by atoms with Crippen LogP contribution < -0.4 is 5.32 Å². The summed E-state index contributed by atoms with van der Waals surface area (Å²) in [4.78, 5) is 11.6. The van der Waals surface area contributed by atoms with E-state index >= 15 is 0 Å². The molecule has 1 aromatic rings. The number of hydrogen-bond donors (Lipinski definition) is 1. The van der Waals surface area contributed by atoms with Gasteiger partial charge in [-0.3, -0.25) is 4.79 Å². The van der Waals surface area contributed by atoms with Crippen molar-refractivity contribution in [1.29, 1.82) is 0 Å². The summed E-state index contributed by atoms with van der Waals surface area (Å²) < 4.78 is 19.3. The van der Waals surface area contributed by atoms with Crippen LogP contribution in [0.3, 0.4) is 0 Å². The number of ether oxygens (including phenoxy) is 1. The van der Waals surface area contributed by atoms with Crippen LogP contribution >= 0.6 is 15.9 Å². The van der Waals surface area contributed by atoms with Gasteiger partial charge >= 0.3 is 5.97 Å². The number of hydrogen-bond acceptors (Lipinski definition) is 3. The van der Waals surface area contributed by atoms with Gasteiger partial charge in [-0.15, -0.1) is 0 Å². The number of carbonyl (C=O) groups excluding carboxylic acids is 1. The maximum absolute atomic E-state index is 13.8. The normalized spacial score (nSPS) is 23.7. The maximum atomic E-state index is 13.8. The molecule has 0 aromatic heterocycles. The van der Waals surface area contributed by atoms with Crippen molar-refractivity contribution in [1.82, 2.24) is 5.32 Å². The van der Waals surface area contributed by atoms with E-state index in [4.69, 9.17) is 4.74 Å². The van der Waals surface area contributed by atoms with Gasteiger partial charge in [0.2, 0.25) is 0 Å². The summed E-state index contributed by atoms with van der Waals surface area (Å²) in [6, 6.07) is 4.92. The standard InChI is InChI=1S/C12H13BrFNO2/c1-17-12(16)10-6-15-5-9(10)8-3-2-7(13)4-11(8)14/h2-4,9-10,15H,5-6H2,1H3. The zero-order chi connectivity index (χ0) is 12.4. The highest BCUT2D eigenvalue weighted by atomic mass is 79.9. The first-order valence-electron chi connectivity index (χ1n) is 5.37. The highest BCUT2D eigenvalue weighted by Crippen LogP contribution is 2.31. The lowest BCUT2D eigenvalue weighted by Gasteiger charge is -2.17. The number of halogens is 2. The first-order chi connectivity index (χ1) is 8.13. The van der Waals surface area contributed by atoms with Crippen molar-refractivity contribution in [2.24, 2.45) is 5.92 Å². The van der Waals surface area contributed by atoms with Gasteiger partial charge < -0.3 is 10.1 Å². The predicted octanol–water partition coefficient (Wildman–Crippen LogP) is 2.06. The third-order valence-electron chi connectivity index (χ3n) is 3.08. The van der Waals surface area contributed by atoms with E-state index in [2.05, 4.69) is 21.2 Å². The fraction of sp³-hybridized carbons (Fsp3) is 0.417. The van der Waals surface area contributed by atoms with Crippen LogP contribution in [0.1, 0.15) is 11.5 Å². The summed E-state index contributed by atoms with van der Waals surface area (Å²) in [5, 5.41) is 3.10. The molecular weight excluding hydrogens is 289 g/mol. The van der Waals surface area contributed by atoms with Crippen LogP contribution in [0.5, 0.6) is 0 Å². The lowest BCUT2D eigenvalue weighted by Crippen LogP contribution is -2.23. The van der Waals surface area contributed by atoms with E-state index in [0.29, 0.717) is 23.1 Å². The Morgan fingerprint density at radius 1 is 1.53 bits per heavy atom. The zero-order valence-electron chi connectivity index (χ0n) is 9.37. The van der Waals surface area contributed by atoms with Gasteiger partial charge in [-0.25, -0.2) is 4.39 Å². The van der Waals surface area contributed by atoms with Gasteiger partial charge in [0.15, 0.2) is 0 Å². The zero-order valence-corrected chi connectivity index (χ0v) is 11.0. The average molecular weight is 302 g/mol. The number of rotatable bonds is 2. The molecule has 2 atom stereocenters. The average Bonchev–Trinajstić information content (AvgIpc) is 2.77. The van der Waals surface area contributed by atoms with Gasteiger partial charge in [0.1, 0.15) is 5.82 Å². The predicted molar refractivity (Wildman–Crippen MR) is 65.2 cm³/mol. The molecule has 0 saturated carbocycles. The minimum Gasteiger partial charge on any atom is -0.469 e. The van der Waals surface area contributed by atoms with Gasteiger partial charge in [0, 0.05) is 23.5 Å². The fourth-order valence-corrected chi connectivity index (χ4v) is 2.54. The molecule has 2 rings (SSSR count). The summed E-state index contributed by atoms with van der Waals surface area (Å²) in [6.45, 7) is 1.13. The molecule has 1 aliphatic rings. The Balaban J connectivity index is 2.29. The smallest absolute Gasteiger partial charge is 0.310 e. The molecule has 1 aromatic carbocycles. The molecule has 1 N–H and O–H groups in total. The van der Waals surface area contributed by atoms with Crippen molar-refractivity contribution < 1.29 is 13.9 Å². The molecule has 3 nitrogen and oxygen atoms in total. The molecule has 0 spiro atoms. The Hall–Kier alpha value is -0.940. The first kappa shape index (κ1) is 12.5. The van der Waals surface area contributed by atoms with E-state index in [1.807, 2.05) is 0 Å². The molecule has 0 amide bonds. The number of carbonyl (C=O) groups is 1. The Morgan fingerprint density at radius 2 is 2.29 bits per heavy atom. The van der Waals surface area contributed by atoms with Crippen molar-refractivity contribution in [3.63, 3.8) is 0 Å². The lowest BCUT2D eigenvalue weighted by atomic mass is 9.88. The molecule has 5 heteroatoms. The second kappa shape index (κ2) is 5.14. The molecule has 92 valence electrons. The minimum absolute atomic E-state index is 0.157. The van der Waals surface area contributed by atoms with Crippen molar-refractivity contribution in [3.05, 3.63) is 34.1 Å². The summed E-state index contributed by atoms with van der Waals surface area (Å²) in [7, 11) is 1.36. The van der Waals surface area contributed by atoms with Gasteiger partial charge in [-0.1, -0.05) is 22.0 Å².